The Morgan fingerprint density at radius 2 is 1.74 bits per heavy atom. The molecule has 0 aromatic heterocycles. The van der Waals surface area contributed by atoms with Crippen LogP contribution in [0.25, 0.3) is 0 Å². The van der Waals surface area contributed by atoms with E-state index >= 15 is 0 Å². The summed E-state index contributed by atoms with van der Waals surface area (Å²) >= 11 is 0. The molecule has 108 valence electrons. The maximum Gasteiger partial charge on any atom is 0.161 e. The number of hydrogen-bond acceptors (Lipinski definition) is 4. The van der Waals surface area contributed by atoms with Gasteiger partial charge >= 0.3 is 0 Å². The maximum absolute atomic E-state index is 5.50. The molecule has 0 heterocycles. The van der Waals surface area contributed by atoms with Crippen LogP contribution in [0.15, 0.2) is 18.2 Å². The van der Waals surface area contributed by atoms with E-state index in [-0.39, 0.29) is 12.1 Å². The molecule has 0 aliphatic heterocycles. The summed E-state index contributed by atoms with van der Waals surface area (Å²) in [5, 5.41) is 3.42. The summed E-state index contributed by atoms with van der Waals surface area (Å²) < 4.78 is 16.0. The van der Waals surface area contributed by atoms with Gasteiger partial charge in [0, 0.05) is 12.6 Å². The quantitative estimate of drug-likeness (QED) is 0.735. The number of ether oxygens (including phenoxy) is 3. The van der Waals surface area contributed by atoms with E-state index in [1.165, 1.54) is 5.56 Å². The fourth-order valence-electron chi connectivity index (χ4n) is 1.81. The molecule has 4 heteroatoms. The van der Waals surface area contributed by atoms with Crippen LogP contribution in [0.2, 0.25) is 0 Å². The molecule has 0 bridgehead atoms. The Bertz CT molecular complexity index is 380. The van der Waals surface area contributed by atoms with Gasteiger partial charge in [-0.05, 0) is 38.5 Å². The topological polar surface area (TPSA) is 39.7 Å². The van der Waals surface area contributed by atoms with E-state index in [4.69, 9.17) is 14.2 Å². The summed E-state index contributed by atoms with van der Waals surface area (Å²) in [5.41, 5.74) is 1.17. The highest BCUT2D eigenvalue weighted by Crippen LogP contribution is 2.29. The van der Waals surface area contributed by atoms with E-state index in [2.05, 4.69) is 12.2 Å². The standard InChI is InChI=1S/C15H25NO3/c1-11(2)19-9-8-16-12(3)13-6-7-14(17-4)15(10-13)18-5/h6-7,10-12,16H,8-9H2,1-5H3. The molecule has 0 saturated heterocycles. The van der Waals surface area contributed by atoms with Crippen LogP contribution in [-0.2, 0) is 4.74 Å². The van der Waals surface area contributed by atoms with Crippen molar-refractivity contribution < 1.29 is 14.2 Å². The Morgan fingerprint density at radius 1 is 1.05 bits per heavy atom. The number of methoxy groups -OCH3 is 2. The Morgan fingerprint density at radius 3 is 2.32 bits per heavy atom. The van der Waals surface area contributed by atoms with Crippen LogP contribution in [0, 0.1) is 0 Å². The zero-order chi connectivity index (χ0) is 14.3. The van der Waals surface area contributed by atoms with Crippen molar-refractivity contribution in [1.82, 2.24) is 5.32 Å². The molecule has 1 atom stereocenters. The Hall–Kier alpha value is -1.26. The third kappa shape index (κ3) is 5.09. The number of nitrogens with one attached hydrogen (secondary N) is 1. The van der Waals surface area contributed by atoms with Crippen LogP contribution in [-0.4, -0.2) is 33.5 Å². The third-order valence-electron chi connectivity index (χ3n) is 2.91. The Balaban J connectivity index is 2.54. The zero-order valence-corrected chi connectivity index (χ0v) is 12.5. The van der Waals surface area contributed by atoms with E-state index in [9.17, 15) is 0 Å². The van der Waals surface area contributed by atoms with Gasteiger partial charge in [-0.1, -0.05) is 6.07 Å². The molecule has 1 N–H and O–H groups in total. The van der Waals surface area contributed by atoms with Crippen LogP contribution in [0.3, 0.4) is 0 Å². The molecule has 0 spiro atoms. The molecule has 1 unspecified atom stereocenters. The molecule has 4 nitrogen and oxygen atoms in total. The molecule has 19 heavy (non-hydrogen) atoms. The number of benzene rings is 1. The SMILES string of the molecule is COc1ccc(C(C)NCCOC(C)C)cc1OC. The first-order valence-corrected chi connectivity index (χ1v) is 6.65. The van der Waals surface area contributed by atoms with Gasteiger partial charge in [-0.3, -0.25) is 0 Å². The lowest BCUT2D eigenvalue weighted by molar-refractivity contribution is 0.0796. The Labute approximate surface area is 116 Å². The second-order valence-corrected chi connectivity index (χ2v) is 4.71. The van der Waals surface area contributed by atoms with Crippen molar-refractivity contribution in [3.05, 3.63) is 23.8 Å². The zero-order valence-electron chi connectivity index (χ0n) is 12.5. The maximum atomic E-state index is 5.50. The van der Waals surface area contributed by atoms with Crippen LogP contribution in [0.5, 0.6) is 11.5 Å². The summed E-state index contributed by atoms with van der Waals surface area (Å²) in [6.45, 7) is 7.75. The molecule has 1 aromatic rings. The monoisotopic (exact) mass is 267 g/mol. The normalized spacial score (nSPS) is 12.5. The van der Waals surface area contributed by atoms with Crippen molar-refractivity contribution >= 4 is 0 Å². The molecule has 0 saturated carbocycles. The minimum Gasteiger partial charge on any atom is -0.493 e. The average Bonchev–Trinajstić information content (AvgIpc) is 2.42. The van der Waals surface area contributed by atoms with Gasteiger partial charge in [0.15, 0.2) is 11.5 Å². The van der Waals surface area contributed by atoms with Gasteiger partial charge in [0.25, 0.3) is 0 Å². The van der Waals surface area contributed by atoms with E-state index < -0.39 is 0 Å². The summed E-state index contributed by atoms with van der Waals surface area (Å²) in [6, 6.07) is 6.22. The second-order valence-electron chi connectivity index (χ2n) is 4.71. The second kappa shape index (κ2) is 8.02. The molecule has 0 fully saturated rings. The smallest absolute Gasteiger partial charge is 0.161 e. The van der Waals surface area contributed by atoms with E-state index in [1.807, 2.05) is 32.0 Å². The van der Waals surface area contributed by atoms with Crippen LogP contribution in [0.4, 0.5) is 0 Å². The van der Waals surface area contributed by atoms with Gasteiger partial charge in [0.05, 0.1) is 26.9 Å². The van der Waals surface area contributed by atoms with E-state index in [0.717, 1.165) is 24.7 Å². The first-order valence-electron chi connectivity index (χ1n) is 6.65. The van der Waals surface area contributed by atoms with Crippen molar-refractivity contribution in [2.45, 2.75) is 32.9 Å². The molecule has 1 aromatic carbocycles. The molecule has 0 radical (unpaired) electrons. The molecular weight excluding hydrogens is 242 g/mol. The molecule has 1 rings (SSSR count). The lowest BCUT2D eigenvalue weighted by Gasteiger charge is -2.17. The summed E-state index contributed by atoms with van der Waals surface area (Å²) in [4.78, 5) is 0. The highest BCUT2D eigenvalue weighted by atomic mass is 16.5. The van der Waals surface area contributed by atoms with Crippen LogP contribution < -0.4 is 14.8 Å². The molecular formula is C15H25NO3. The highest BCUT2D eigenvalue weighted by molar-refractivity contribution is 5.43. The van der Waals surface area contributed by atoms with Gasteiger partial charge < -0.3 is 19.5 Å². The van der Waals surface area contributed by atoms with Crippen molar-refractivity contribution in [2.24, 2.45) is 0 Å². The Kier molecular flexibility index (Phi) is 6.67. The van der Waals surface area contributed by atoms with Gasteiger partial charge in [0.1, 0.15) is 0 Å². The first-order chi connectivity index (χ1) is 9.08. The lowest BCUT2D eigenvalue weighted by Crippen LogP contribution is -2.24. The summed E-state index contributed by atoms with van der Waals surface area (Å²) in [6.07, 6.45) is 0.276. The predicted molar refractivity (Wildman–Crippen MR) is 77.1 cm³/mol. The van der Waals surface area contributed by atoms with Crippen LogP contribution >= 0.6 is 0 Å². The van der Waals surface area contributed by atoms with Gasteiger partial charge in [-0.2, -0.15) is 0 Å². The minimum atomic E-state index is 0.246. The van der Waals surface area contributed by atoms with Gasteiger partial charge in [-0.15, -0.1) is 0 Å². The summed E-state index contributed by atoms with van der Waals surface area (Å²) in [5.74, 6) is 1.51. The van der Waals surface area contributed by atoms with Crippen molar-refractivity contribution in [1.29, 1.82) is 0 Å². The average molecular weight is 267 g/mol. The van der Waals surface area contributed by atoms with Gasteiger partial charge in [-0.25, -0.2) is 0 Å². The fourth-order valence-corrected chi connectivity index (χ4v) is 1.81. The third-order valence-corrected chi connectivity index (χ3v) is 2.91. The predicted octanol–water partition coefficient (Wildman–Crippen LogP) is 2.78. The van der Waals surface area contributed by atoms with Gasteiger partial charge in [0.2, 0.25) is 0 Å². The number of hydrogen-bond donors (Lipinski definition) is 1. The summed E-state index contributed by atoms with van der Waals surface area (Å²) in [7, 11) is 3.29. The van der Waals surface area contributed by atoms with E-state index in [0.29, 0.717) is 0 Å². The van der Waals surface area contributed by atoms with Crippen molar-refractivity contribution in [3.63, 3.8) is 0 Å². The van der Waals surface area contributed by atoms with Crippen molar-refractivity contribution in [3.8, 4) is 11.5 Å². The highest BCUT2D eigenvalue weighted by Gasteiger charge is 2.09. The number of rotatable bonds is 8. The lowest BCUT2D eigenvalue weighted by atomic mass is 10.1. The molecule has 0 amide bonds. The van der Waals surface area contributed by atoms with Crippen LogP contribution in [0.1, 0.15) is 32.4 Å². The van der Waals surface area contributed by atoms with Crippen molar-refractivity contribution in [2.75, 3.05) is 27.4 Å². The molecule has 0 aliphatic carbocycles. The first kappa shape index (κ1) is 15.8. The fraction of sp³-hybridized carbons (Fsp3) is 0.600. The molecule has 0 aliphatic rings. The minimum absolute atomic E-state index is 0.246. The largest absolute Gasteiger partial charge is 0.493 e. The van der Waals surface area contributed by atoms with E-state index in [1.54, 1.807) is 14.2 Å².